The van der Waals surface area contributed by atoms with Crippen LogP contribution in [0.25, 0.3) is 0 Å². The molecule has 6 nitrogen and oxygen atoms in total. The monoisotopic (exact) mass is 314 g/mol. The number of carbonyl (C=O) groups is 2. The van der Waals surface area contributed by atoms with Crippen LogP contribution in [0.5, 0.6) is 0 Å². The first-order valence-corrected chi connectivity index (χ1v) is 7.43. The number of ether oxygens (including phenoxy) is 1. The molecule has 0 unspecified atom stereocenters. The van der Waals surface area contributed by atoms with Gasteiger partial charge in [0.1, 0.15) is 0 Å². The second-order valence-electron chi connectivity index (χ2n) is 5.46. The standard InChI is InChI=1S/C17H18N2O4/c1-22-17(21)15-11(7-9-23-15)10-19-8-3-5-12-13(16(18)20)4-2-6-14(12)19/h2,4,6-7,9H,3,5,8,10H2,1H3,(H2,18,20). The highest BCUT2D eigenvalue weighted by Gasteiger charge is 2.24. The Morgan fingerprint density at radius 2 is 2.17 bits per heavy atom. The molecule has 1 aliphatic rings. The van der Waals surface area contributed by atoms with Crippen LogP contribution >= 0.6 is 0 Å². The summed E-state index contributed by atoms with van der Waals surface area (Å²) in [5.74, 6) is -0.693. The van der Waals surface area contributed by atoms with E-state index in [2.05, 4.69) is 4.90 Å². The molecule has 0 fully saturated rings. The molecular weight excluding hydrogens is 296 g/mol. The van der Waals surface area contributed by atoms with E-state index in [9.17, 15) is 9.59 Å². The van der Waals surface area contributed by atoms with Crippen molar-refractivity contribution in [2.45, 2.75) is 19.4 Å². The molecule has 1 amide bonds. The highest BCUT2D eigenvalue weighted by Crippen LogP contribution is 2.31. The first-order valence-electron chi connectivity index (χ1n) is 7.43. The van der Waals surface area contributed by atoms with Crippen LogP contribution in [0, 0.1) is 0 Å². The minimum atomic E-state index is -0.492. The number of nitrogens with zero attached hydrogens (tertiary/aromatic N) is 1. The average Bonchev–Trinajstić information content (AvgIpc) is 3.02. The van der Waals surface area contributed by atoms with Gasteiger partial charge in [-0.15, -0.1) is 0 Å². The fraction of sp³-hybridized carbons (Fsp3) is 0.294. The number of anilines is 1. The molecule has 0 radical (unpaired) electrons. The Morgan fingerprint density at radius 3 is 2.91 bits per heavy atom. The van der Waals surface area contributed by atoms with Gasteiger partial charge in [0.15, 0.2) is 0 Å². The number of carbonyl (C=O) groups excluding carboxylic acids is 2. The molecule has 23 heavy (non-hydrogen) atoms. The number of rotatable bonds is 4. The van der Waals surface area contributed by atoms with Crippen molar-refractivity contribution in [2.75, 3.05) is 18.6 Å². The summed E-state index contributed by atoms with van der Waals surface area (Å²) in [5.41, 5.74) is 8.73. The lowest BCUT2D eigenvalue weighted by molar-refractivity contribution is 0.0563. The number of hydrogen-bond acceptors (Lipinski definition) is 5. The zero-order chi connectivity index (χ0) is 16.4. The smallest absolute Gasteiger partial charge is 0.374 e. The van der Waals surface area contributed by atoms with E-state index in [0.29, 0.717) is 12.1 Å². The van der Waals surface area contributed by atoms with Gasteiger partial charge < -0.3 is 19.8 Å². The van der Waals surface area contributed by atoms with Gasteiger partial charge in [-0.1, -0.05) is 6.07 Å². The lowest BCUT2D eigenvalue weighted by Gasteiger charge is -2.32. The van der Waals surface area contributed by atoms with Crippen LogP contribution in [0.2, 0.25) is 0 Å². The number of amides is 1. The Labute approximate surface area is 133 Å². The third-order valence-corrected chi connectivity index (χ3v) is 4.09. The molecule has 2 N–H and O–H groups in total. The highest BCUT2D eigenvalue weighted by atomic mass is 16.5. The maximum absolute atomic E-state index is 11.7. The summed E-state index contributed by atoms with van der Waals surface area (Å²) in [5, 5.41) is 0. The number of fused-ring (bicyclic) bond motifs is 1. The molecule has 1 aliphatic heterocycles. The van der Waals surface area contributed by atoms with Crippen LogP contribution in [0.4, 0.5) is 5.69 Å². The van der Waals surface area contributed by atoms with E-state index >= 15 is 0 Å². The minimum absolute atomic E-state index is 0.214. The number of hydrogen-bond donors (Lipinski definition) is 1. The molecule has 120 valence electrons. The second kappa shape index (κ2) is 6.16. The van der Waals surface area contributed by atoms with Crippen molar-refractivity contribution in [3.63, 3.8) is 0 Å². The molecule has 0 spiro atoms. The van der Waals surface area contributed by atoms with Crippen LogP contribution in [0.3, 0.4) is 0 Å². The molecule has 0 aliphatic carbocycles. The Kier molecular flexibility index (Phi) is 4.06. The van der Waals surface area contributed by atoms with Crippen molar-refractivity contribution in [3.05, 3.63) is 53.0 Å². The molecule has 2 aromatic rings. The molecular formula is C17H18N2O4. The lowest BCUT2D eigenvalue weighted by Crippen LogP contribution is -2.30. The number of furan rings is 1. The summed E-state index contributed by atoms with van der Waals surface area (Å²) in [6, 6.07) is 7.31. The maximum atomic E-state index is 11.7. The third kappa shape index (κ3) is 2.79. The summed E-state index contributed by atoms with van der Waals surface area (Å²) < 4.78 is 9.97. The topological polar surface area (TPSA) is 85.8 Å². The van der Waals surface area contributed by atoms with Crippen LogP contribution in [0.1, 0.15) is 38.5 Å². The molecule has 0 saturated carbocycles. The molecule has 1 aromatic heterocycles. The fourth-order valence-corrected chi connectivity index (χ4v) is 3.03. The zero-order valence-electron chi connectivity index (χ0n) is 12.9. The molecule has 6 heteroatoms. The number of primary amides is 1. The van der Waals surface area contributed by atoms with Gasteiger partial charge in [-0.2, -0.15) is 0 Å². The Balaban J connectivity index is 1.93. The van der Waals surface area contributed by atoms with E-state index in [4.69, 9.17) is 14.9 Å². The van der Waals surface area contributed by atoms with Crippen LogP contribution in [0.15, 0.2) is 34.9 Å². The van der Waals surface area contributed by atoms with Crippen molar-refractivity contribution in [1.29, 1.82) is 0 Å². The van der Waals surface area contributed by atoms with Crippen molar-refractivity contribution in [3.8, 4) is 0 Å². The molecule has 2 heterocycles. The lowest BCUT2D eigenvalue weighted by atomic mass is 9.95. The van der Waals surface area contributed by atoms with Crippen molar-refractivity contribution in [1.82, 2.24) is 0 Å². The number of benzene rings is 1. The predicted octanol–water partition coefficient (Wildman–Crippen LogP) is 2.12. The molecule has 0 saturated heterocycles. The van der Waals surface area contributed by atoms with Crippen molar-refractivity contribution in [2.24, 2.45) is 5.73 Å². The molecule has 3 rings (SSSR count). The van der Waals surface area contributed by atoms with E-state index in [1.165, 1.54) is 13.4 Å². The van der Waals surface area contributed by atoms with Crippen LogP contribution in [-0.4, -0.2) is 25.5 Å². The van der Waals surface area contributed by atoms with Gasteiger partial charge in [0.05, 0.1) is 13.4 Å². The van der Waals surface area contributed by atoms with E-state index in [1.54, 1.807) is 12.1 Å². The van der Waals surface area contributed by atoms with Gasteiger partial charge >= 0.3 is 5.97 Å². The Bertz CT molecular complexity index is 751. The first kappa shape index (κ1) is 15.1. The summed E-state index contributed by atoms with van der Waals surface area (Å²) in [6.45, 7) is 1.34. The maximum Gasteiger partial charge on any atom is 0.374 e. The van der Waals surface area contributed by atoms with E-state index in [0.717, 1.165) is 36.2 Å². The highest BCUT2D eigenvalue weighted by molar-refractivity contribution is 5.96. The normalized spacial score (nSPS) is 13.5. The fourth-order valence-electron chi connectivity index (χ4n) is 3.03. The average molecular weight is 314 g/mol. The largest absolute Gasteiger partial charge is 0.463 e. The summed E-state index contributed by atoms with van der Waals surface area (Å²) in [4.78, 5) is 25.5. The Hall–Kier alpha value is -2.76. The van der Waals surface area contributed by atoms with Gasteiger partial charge in [-0.3, -0.25) is 4.79 Å². The van der Waals surface area contributed by atoms with Gasteiger partial charge in [0.25, 0.3) is 0 Å². The van der Waals surface area contributed by atoms with E-state index in [-0.39, 0.29) is 5.76 Å². The number of esters is 1. The predicted molar refractivity (Wildman–Crippen MR) is 84.4 cm³/mol. The molecule has 1 aromatic carbocycles. The first-order chi connectivity index (χ1) is 11.1. The van der Waals surface area contributed by atoms with Gasteiger partial charge in [-0.25, -0.2) is 4.79 Å². The van der Waals surface area contributed by atoms with Crippen LogP contribution in [-0.2, 0) is 17.7 Å². The Morgan fingerprint density at radius 1 is 1.35 bits per heavy atom. The van der Waals surface area contributed by atoms with E-state index in [1.807, 2.05) is 12.1 Å². The molecule has 0 atom stereocenters. The van der Waals surface area contributed by atoms with E-state index < -0.39 is 11.9 Å². The zero-order valence-corrected chi connectivity index (χ0v) is 12.9. The van der Waals surface area contributed by atoms with Gasteiger partial charge in [0.2, 0.25) is 11.7 Å². The van der Waals surface area contributed by atoms with Crippen molar-refractivity contribution < 1.29 is 18.7 Å². The van der Waals surface area contributed by atoms with Gasteiger partial charge in [0, 0.05) is 29.9 Å². The number of nitrogens with two attached hydrogens (primary N) is 1. The number of methoxy groups -OCH3 is 1. The second-order valence-corrected chi connectivity index (χ2v) is 5.46. The minimum Gasteiger partial charge on any atom is -0.463 e. The van der Waals surface area contributed by atoms with Gasteiger partial charge in [-0.05, 0) is 36.6 Å². The third-order valence-electron chi connectivity index (χ3n) is 4.09. The summed E-state index contributed by atoms with van der Waals surface area (Å²) in [6.07, 6.45) is 3.22. The van der Waals surface area contributed by atoms with Crippen molar-refractivity contribution >= 4 is 17.6 Å². The summed E-state index contributed by atoms with van der Waals surface area (Å²) in [7, 11) is 1.32. The molecule has 0 bridgehead atoms. The van der Waals surface area contributed by atoms with Crippen LogP contribution < -0.4 is 10.6 Å². The summed E-state index contributed by atoms with van der Waals surface area (Å²) >= 11 is 0. The SMILES string of the molecule is COC(=O)c1occc1CN1CCCc2c(C(N)=O)cccc21. The quantitative estimate of drug-likeness (QED) is 0.874.